The highest BCUT2D eigenvalue weighted by molar-refractivity contribution is 5.93. The number of aryl methyl sites for hydroxylation is 1. The highest BCUT2D eigenvalue weighted by Gasteiger charge is 2.14. The molecule has 0 fully saturated rings. The largest absolute Gasteiger partial charge is 0.507 e. The number of aromatic hydroxyl groups is 1. The molecule has 0 saturated carbocycles. The van der Waals surface area contributed by atoms with Crippen molar-refractivity contribution in [2.75, 3.05) is 0 Å². The number of hydrogen-bond donors (Lipinski definition) is 1. The lowest BCUT2D eigenvalue weighted by Gasteiger charge is -2.15. The Hall–Kier alpha value is -3.91. The summed E-state index contributed by atoms with van der Waals surface area (Å²) >= 11 is 0. The van der Waals surface area contributed by atoms with Crippen LogP contribution in [0, 0.1) is 6.92 Å². The van der Waals surface area contributed by atoms with E-state index in [4.69, 9.17) is 4.99 Å². The molecule has 0 aliphatic rings. The van der Waals surface area contributed by atoms with Gasteiger partial charge in [0.05, 0.1) is 5.69 Å². The predicted octanol–water partition coefficient (Wildman–Crippen LogP) is 8.64. The maximum absolute atomic E-state index is 11.3. The smallest absolute Gasteiger partial charge is 0.132 e. The van der Waals surface area contributed by atoms with Gasteiger partial charge in [0.2, 0.25) is 0 Å². The molecule has 0 saturated heterocycles. The van der Waals surface area contributed by atoms with Crippen molar-refractivity contribution in [2.45, 2.75) is 33.1 Å². The fourth-order valence-electron chi connectivity index (χ4n) is 4.31. The normalized spacial score (nSPS) is 11.3. The Labute approximate surface area is 203 Å². The summed E-state index contributed by atoms with van der Waals surface area (Å²) in [6.45, 7) is 10.3. The van der Waals surface area contributed by atoms with Gasteiger partial charge < -0.3 is 5.11 Å². The first-order valence-electron chi connectivity index (χ1n) is 11.7. The van der Waals surface area contributed by atoms with Crippen LogP contribution in [0.4, 0.5) is 5.69 Å². The summed E-state index contributed by atoms with van der Waals surface area (Å²) in [6, 6.07) is 28.7. The molecule has 4 aromatic rings. The molecule has 4 aromatic carbocycles. The fourth-order valence-corrected chi connectivity index (χ4v) is 4.31. The molecule has 4 rings (SSSR count). The Bertz CT molecular complexity index is 1320. The van der Waals surface area contributed by atoms with Gasteiger partial charge in [-0.3, -0.25) is 4.99 Å². The van der Waals surface area contributed by atoms with Crippen molar-refractivity contribution < 1.29 is 5.11 Å². The number of phenolic OH excluding ortho intramolecular Hbond substituents is 1. The maximum Gasteiger partial charge on any atom is 0.132 e. The lowest BCUT2D eigenvalue weighted by Crippen LogP contribution is -1.95. The molecule has 2 nitrogen and oxygen atoms in total. The Morgan fingerprint density at radius 1 is 0.853 bits per heavy atom. The molecule has 0 spiro atoms. The van der Waals surface area contributed by atoms with Gasteiger partial charge in [0.1, 0.15) is 5.75 Å². The minimum absolute atomic E-state index is 0.238. The van der Waals surface area contributed by atoms with Crippen LogP contribution in [-0.2, 0) is 6.42 Å². The standard InChI is InChI=1S/C32H31NO/c1-5-12-24-17-23(4)31(29(18-24)22(2)3)33-21-28-19-27(25-13-8-6-9-14-25)20-30(32(28)34)26-15-10-7-11-16-26/h5-11,13-22,34H,1,12H2,2-4H3/b33-21+. The van der Waals surface area contributed by atoms with Crippen molar-refractivity contribution in [1.29, 1.82) is 0 Å². The van der Waals surface area contributed by atoms with Gasteiger partial charge in [-0.2, -0.15) is 0 Å². The molecule has 0 aliphatic carbocycles. The second kappa shape index (κ2) is 10.4. The lowest BCUT2D eigenvalue weighted by molar-refractivity contribution is 0.476. The Morgan fingerprint density at radius 3 is 2.12 bits per heavy atom. The second-order valence-corrected chi connectivity index (χ2v) is 8.95. The summed E-state index contributed by atoms with van der Waals surface area (Å²) < 4.78 is 0. The summed E-state index contributed by atoms with van der Waals surface area (Å²) in [5.41, 5.74) is 9.15. The van der Waals surface area contributed by atoms with E-state index in [0.717, 1.165) is 39.9 Å². The van der Waals surface area contributed by atoms with Crippen LogP contribution < -0.4 is 0 Å². The third kappa shape index (κ3) is 5.02. The Morgan fingerprint density at radius 2 is 1.50 bits per heavy atom. The van der Waals surface area contributed by atoms with Crippen LogP contribution in [0.2, 0.25) is 0 Å². The number of nitrogens with zero attached hydrogens (tertiary/aromatic N) is 1. The molecule has 0 atom stereocenters. The molecule has 0 radical (unpaired) electrons. The summed E-state index contributed by atoms with van der Waals surface area (Å²) in [5, 5.41) is 11.3. The first-order valence-corrected chi connectivity index (χ1v) is 11.7. The van der Waals surface area contributed by atoms with Crippen molar-refractivity contribution in [3.63, 3.8) is 0 Å². The topological polar surface area (TPSA) is 32.6 Å². The van der Waals surface area contributed by atoms with E-state index in [2.05, 4.69) is 51.6 Å². The quantitative estimate of drug-likeness (QED) is 0.224. The van der Waals surface area contributed by atoms with Crippen LogP contribution in [-0.4, -0.2) is 11.3 Å². The van der Waals surface area contributed by atoms with E-state index < -0.39 is 0 Å². The second-order valence-electron chi connectivity index (χ2n) is 8.95. The van der Waals surface area contributed by atoms with Gasteiger partial charge in [-0.15, -0.1) is 6.58 Å². The van der Waals surface area contributed by atoms with Crippen LogP contribution in [0.15, 0.2) is 103 Å². The maximum atomic E-state index is 11.3. The third-order valence-corrected chi connectivity index (χ3v) is 6.06. The number of benzene rings is 4. The van der Waals surface area contributed by atoms with Gasteiger partial charge >= 0.3 is 0 Å². The molecule has 0 aromatic heterocycles. The molecule has 2 heteroatoms. The van der Waals surface area contributed by atoms with E-state index in [1.165, 1.54) is 11.1 Å². The molecule has 0 bridgehead atoms. The summed E-state index contributed by atoms with van der Waals surface area (Å²) in [7, 11) is 0. The van der Waals surface area contributed by atoms with E-state index in [0.29, 0.717) is 11.5 Å². The number of allylic oxidation sites excluding steroid dienone is 1. The van der Waals surface area contributed by atoms with Crippen LogP contribution in [0.5, 0.6) is 5.75 Å². The highest BCUT2D eigenvalue weighted by Crippen LogP contribution is 2.37. The highest BCUT2D eigenvalue weighted by atomic mass is 16.3. The van der Waals surface area contributed by atoms with Crippen molar-refractivity contribution in [3.8, 4) is 28.0 Å². The van der Waals surface area contributed by atoms with E-state index in [9.17, 15) is 5.11 Å². The van der Waals surface area contributed by atoms with E-state index in [-0.39, 0.29) is 5.75 Å². The van der Waals surface area contributed by atoms with Crippen LogP contribution in [0.3, 0.4) is 0 Å². The van der Waals surface area contributed by atoms with Crippen LogP contribution in [0.1, 0.15) is 42.0 Å². The van der Waals surface area contributed by atoms with E-state index >= 15 is 0 Å². The number of hydrogen-bond acceptors (Lipinski definition) is 2. The Balaban J connectivity index is 1.86. The lowest BCUT2D eigenvalue weighted by atomic mass is 9.94. The first kappa shape index (κ1) is 23.3. The minimum atomic E-state index is 0.238. The molecule has 0 amide bonds. The van der Waals surface area contributed by atoms with Crippen molar-refractivity contribution >= 4 is 11.9 Å². The number of aliphatic imine (C=N–C) groups is 1. The van der Waals surface area contributed by atoms with Gasteiger partial charge in [-0.1, -0.05) is 92.7 Å². The van der Waals surface area contributed by atoms with Crippen molar-refractivity contribution in [3.05, 3.63) is 120 Å². The van der Waals surface area contributed by atoms with Gasteiger partial charge in [0, 0.05) is 17.3 Å². The van der Waals surface area contributed by atoms with Crippen molar-refractivity contribution in [1.82, 2.24) is 0 Å². The van der Waals surface area contributed by atoms with Crippen molar-refractivity contribution in [2.24, 2.45) is 4.99 Å². The minimum Gasteiger partial charge on any atom is -0.507 e. The van der Waals surface area contributed by atoms with Gasteiger partial charge in [-0.25, -0.2) is 0 Å². The average molecular weight is 446 g/mol. The first-order chi connectivity index (χ1) is 16.5. The van der Waals surface area contributed by atoms with E-state index in [1.54, 1.807) is 6.21 Å². The zero-order valence-corrected chi connectivity index (χ0v) is 20.1. The number of phenols is 1. The van der Waals surface area contributed by atoms with Gasteiger partial charge in [0.25, 0.3) is 0 Å². The molecule has 0 heterocycles. The number of rotatable bonds is 7. The summed E-state index contributed by atoms with van der Waals surface area (Å²) in [4.78, 5) is 4.92. The van der Waals surface area contributed by atoms with Gasteiger partial charge in [0.15, 0.2) is 0 Å². The molecule has 1 N–H and O–H groups in total. The fraction of sp³-hybridized carbons (Fsp3) is 0.156. The van der Waals surface area contributed by atoms with Crippen LogP contribution >= 0.6 is 0 Å². The molecular formula is C32H31NO. The SMILES string of the molecule is C=CCc1cc(C)c(/N=C/c2cc(-c3ccccc3)cc(-c3ccccc3)c2O)c(C(C)C)c1. The summed E-state index contributed by atoms with van der Waals surface area (Å²) in [5.74, 6) is 0.571. The molecule has 170 valence electrons. The van der Waals surface area contributed by atoms with Gasteiger partial charge in [-0.05, 0) is 64.8 Å². The average Bonchev–Trinajstić information content (AvgIpc) is 2.85. The van der Waals surface area contributed by atoms with Crippen LogP contribution in [0.25, 0.3) is 22.3 Å². The zero-order valence-electron chi connectivity index (χ0n) is 20.1. The monoisotopic (exact) mass is 445 g/mol. The molecule has 0 unspecified atom stereocenters. The van der Waals surface area contributed by atoms with E-state index in [1.807, 2.05) is 66.7 Å². The third-order valence-electron chi connectivity index (χ3n) is 6.06. The summed E-state index contributed by atoms with van der Waals surface area (Å²) in [6.07, 6.45) is 4.57. The molecule has 34 heavy (non-hydrogen) atoms. The molecule has 0 aliphatic heterocycles. The molecular weight excluding hydrogens is 414 g/mol. The zero-order chi connectivity index (χ0) is 24.1. The Kier molecular flexibility index (Phi) is 7.08. The predicted molar refractivity (Wildman–Crippen MR) is 145 cm³/mol.